The smallest absolute Gasteiger partial charge is 0.225 e. The minimum Gasteiger partial charge on any atom is -0.379 e. The number of fused-ring (bicyclic) bond motifs is 1. The number of anilines is 1. The van der Waals surface area contributed by atoms with E-state index in [2.05, 4.69) is 21.4 Å². The Bertz CT molecular complexity index is 665. The molecule has 1 aromatic heterocycles. The minimum absolute atomic E-state index is 0.0512. The van der Waals surface area contributed by atoms with Gasteiger partial charge in [0, 0.05) is 54.7 Å². The van der Waals surface area contributed by atoms with Crippen molar-refractivity contribution in [3.8, 4) is 0 Å². The molecule has 124 valence electrons. The van der Waals surface area contributed by atoms with Gasteiger partial charge < -0.3 is 15.0 Å². The van der Waals surface area contributed by atoms with Crippen LogP contribution >= 0.6 is 11.6 Å². The standard InChI is InChI=1S/C17H22ClN3O2/c18-5-3-17(22)20-14-1-2-16-15(11-14)13(12-19-16)4-6-21-7-9-23-10-8-21/h1-2,11-12,19H,3-10H2,(H,20,22). The fourth-order valence-electron chi connectivity index (χ4n) is 2.88. The van der Waals surface area contributed by atoms with Crippen LogP contribution in [0.4, 0.5) is 5.69 Å². The third-order valence-electron chi connectivity index (χ3n) is 4.17. The van der Waals surface area contributed by atoms with E-state index < -0.39 is 0 Å². The van der Waals surface area contributed by atoms with Crippen LogP contribution in [0.5, 0.6) is 0 Å². The Morgan fingerprint density at radius 2 is 2.17 bits per heavy atom. The maximum atomic E-state index is 11.7. The number of ether oxygens (including phenoxy) is 1. The Morgan fingerprint density at radius 3 is 2.96 bits per heavy atom. The van der Waals surface area contributed by atoms with E-state index in [1.165, 1.54) is 10.9 Å². The molecule has 6 heteroatoms. The SMILES string of the molecule is O=C(CCCl)Nc1ccc2[nH]cc(CCN3CCOCC3)c2c1. The fourth-order valence-corrected chi connectivity index (χ4v) is 3.05. The number of nitrogens with zero attached hydrogens (tertiary/aromatic N) is 1. The number of hydrogen-bond donors (Lipinski definition) is 2. The number of aromatic nitrogens is 1. The molecule has 1 saturated heterocycles. The van der Waals surface area contributed by atoms with Crippen LogP contribution in [0.1, 0.15) is 12.0 Å². The van der Waals surface area contributed by atoms with Gasteiger partial charge in [-0.3, -0.25) is 9.69 Å². The van der Waals surface area contributed by atoms with Gasteiger partial charge in [-0.2, -0.15) is 0 Å². The second-order valence-corrected chi connectivity index (χ2v) is 6.14. The van der Waals surface area contributed by atoms with E-state index in [-0.39, 0.29) is 5.91 Å². The maximum absolute atomic E-state index is 11.7. The molecular formula is C17H22ClN3O2. The van der Waals surface area contributed by atoms with E-state index in [1.54, 1.807) is 0 Å². The largest absolute Gasteiger partial charge is 0.379 e. The van der Waals surface area contributed by atoms with Crippen LogP contribution in [0.25, 0.3) is 10.9 Å². The second kappa shape index (κ2) is 7.81. The monoisotopic (exact) mass is 335 g/mol. The van der Waals surface area contributed by atoms with E-state index in [1.807, 2.05) is 18.2 Å². The number of alkyl halides is 1. The van der Waals surface area contributed by atoms with E-state index in [0.717, 1.165) is 50.5 Å². The molecule has 0 bridgehead atoms. The van der Waals surface area contributed by atoms with Gasteiger partial charge >= 0.3 is 0 Å². The molecule has 0 saturated carbocycles. The number of carbonyl (C=O) groups is 1. The summed E-state index contributed by atoms with van der Waals surface area (Å²) in [5.74, 6) is 0.285. The van der Waals surface area contributed by atoms with Crippen molar-refractivity contribution >= 4 is 34.1 Å². The number of hydrogen-bond acceptors (Lipinski definition) is 3. The topological polar surface area (TPSA) is 57.4 Å². The summed E-state index contributed by atoms with van der Waals surface area (Å²) in [5.41, 5.74) is 3.19. The summed E-state index contributed by atoms with van der Waals surface area (Å²) in [5, 5.41) is 4.06. The molecule has 0 aliphatic carbocycles. The van der Waals surface area contributed by atoms with Crippen LogP contribution < -0.4 is 5.32 Å². The minimum atomic E-state index is -0.0512. The van der Waals surface area contributed by atoms with Gasteiger partial charge in [0.1, 0.15) is 0 Å². The van der Waals surface area contributed by atoms with Crippen molar-refractivity contribution in [2.45, 2.75) is 12.8 Å². The highest BCUT2D eigenvalue weighted by atomic mass is 35.5. The predicted octanol–water partition coefficient (Wildman–Crippen LogP) is 2.61. The molecule has 0 atom stereocenters. The highest BCUT2D eigenvalue weighted by molar-refractivity contribution is 6.19. The molecular weight excluding hydrogens is 314 g/mol. The molecule has 1 aromatic carbocycles. The quantitative estimate of drug-likeness (QED) is 0.798. The van der Waals surface area contributed by atoms with Crippen LogP contribution in [-0.2, 0) is 16.0 Å². The van der Waals surface area contributed by atoms with Crippen molar-refractivity contribution in [3.63, 3.8) is 0 Å². The summed E-state index contributed by atoms with van der Waals surface area (Å²) in [6.07, 6.45) is 3.38. The number of aromatic amines is 1. The zero-order chi connectivity index (χ0) is 16.1. The Kier molecular flexibility index (Phi) is 5.54. The van der Waals surface area contributed by atoms with E-state index in [9.17, 15) is 4.79 Å². The molecule has 0 radical (unpaired) electrons. The van der Waals surface area contributed by atoms with Crippen molar-refractivity contribution in [1.82, 2.24) is 9.88 Å². The van der Waals surface area contributed by atoms with Gasteiger partial charge in [0.15, 0.2) is 0 Å². The molecule has 2 N–H and O–H groups in total. The first kappa shape index (κ1) is 16.3. The van der Waals surface area contributed by atoms with Crippen molar-refractivity contribution in [2.24, 2.45) is 0 Å². The first-order chi connectivity index (χ1) is 11.3. The average Bonchev–Trinajstić information content (AvgIpc) is 2.96. The van der Waals surface area contributed by atoms with Crippen molar-refractivity contribution in [2.75, 3.05) is 44.0 Å². The molecule has 0 unspecified atom stereocenters. The van der Waals surface area contributed by atoms with Crippen LogP contribution in [0, 0.1) is 0 Å². The molecule has 3 rings (SSSR count). The fraction of sp³-hybridized carbons (Fsp3) is 0.471. The van der Waals surface area contributed by atoms with Gasteiger partial charge in [0.25, 0.3) is 0 Å². The Labute approximate surface area is 140 Å². The van der Waals surface area contributed by atoms with Gasteiger partial charge in [0.05, 0.1) is 13.2 Å². The number of halogens is 1. The van der Waals surface area contributed by atoms with E-state index in [4.69, 9.17) is 16.3 Å². The molecule has 1 amide bonds. The summed E-state index contributed by atoms with van der Waals surface area (Å²) in [4.78, 5) is 17.4. The summed E-state index contributed by atoms with van der Waals surface area (Å²) in [6.45, 7) is 4.68. The van der Waals surface area contributed by atoms with Gasteiger partial charge in [0.2, 0.25) is 5.91 Å². The lowest BCUT2D eigenvalue weighted by atomic mass is 10.1. The van der Waals surface area contributed by atoms with E-state index >= 15 is 0 Å². The lowest BCUT2D eigenvalue weighted by Crippen LogP contribution is -2.37. The zero-order valence-electron chi connectivity index (χ0n) is 13.1. The van der Waals surface area contributed by atoms with Gasteiger partial charge in [-0.15, -0.1) is 11.6 Å². The maximum Gasteiger partial charge on any atom is 0.225 e. The Morgan fingerprint density at radius 1 is 1.35 bits per heavy atom. The normalized spacial score (nSPS) is 15.9. The number of carbonyl (C=O) groups excluding carboxylic acids is 1. The number of nitrogens with one attached hydrogen (secondary N) is 2. The summed E-state index contributed by atoms with van der Waals surface area (Å²) < 4.78 is 5.38. The molecule has 1 aliphatic heterocycles. The lowest BCUT2D eigenvalue weighted by Gasteiger charge is -2.26. The van der Waals surface area contributed by atoms with Crippen LogP contribution in [0.15, 0.2) is 24.4 Å². The van der Waals surface area contributed by atoms with Gasteiger partial charge in [-0.25, -0.2) is 0 Å². The van der Waals surface area contributed by atoms with Crippen molar-refractivity contribution in [3.05, 3.63) is 30.0 Å². The molecule has 0 spiro atoms. The number of benzene rings is 1. The van der Waals surface area contributed by atoms with Crippen LogP contribution in [-0.4, -0.2) is 54.5 Å². The third-order valence-corrected chi connectivity index (χ3v) is 4.36. The van der Waals surface area contributed by atoms with Crippen molar-refractivity contribution in [1.29, 1.82) is 0 Å². The first-order valence-corrected chi connectivity index (χ1v) is 8.55. The highest BCUT2D eigenvalue weighted by Gasteiger charge is 2.12. The number of amides is 1. The van der Waals surface area contributed by atoms with Crippen LogP contribution in [0.3, 0.4) is 0 Å². The first-order valence-electron chi connectivity index (χ1n) is 8.02. The number of morpholine rings is 1. The molecule has 5 nitrogen and oxygen atoms in total. The third kappa shape index (κ3) is 4.25. The molecule has 1 aliphatic rings. The Hall–Kier alpha value is -1.56. The summed E-state index contributed by atoms with van der Waals surface area (Å²) in [7, 11) is 0. The second-order valence-electron chi connectivity index (χ2n) is 5.77. The zero-order valence-corrected chi connectivity index (χ0v) is 13.9. The van der Waals surface area contributed by atoms with E-state index in [0.29, 0.717) is 12.3 Å². The molecule has 1 fully saturated rings. The van der Waals surface area contributed by atoms with Crippen LogP contribution in [0.2, 0.25) is 0 Å². The van der Waals surface area contributed by atoms with Gasteiger partial charge in [-0.05, 0) is 30.2 Å². The molecule has 23 heavy (non-hydrogen) atoms. The lowest BCUT2D eigenvalue weighted by molar-refractivity contribution is -0.115. The number of H-pyrrole nitrogens is 1. The highest BCUT2D eigenvalue weighted by Crippen LogP contribution is 2.23. The molecule has 2 aromatic rings. The van der Waals surface area contributed by atoms with Gasteiger partial charge in [-0.1, -0.05) is 0 Å². The Balaban J connectivity index is 1.69. The predicted molar refractivity (Wildman–Crippen MR) is 93.2 cm³/mol. The molecule has 2 heterocycles. The summed E-state index contributed by atoms with van der Waals surface area (Å²) >= 11 is 5.60. The average molecular weight is 336 g/mol. The summed E-state index contributed by atoms with van der Waals surface area (Å²) in [6, 6.07) is 5.95. The number of rotatable bonds is 6. The van der Waals surface area contributed by atoms with Crippen molar-refractivity contribution < 1.29 is 9.53 Å².